The van der Waals surface area contributed by atoms with Crippen LogP contribution in [0.3, 0.4) is 0 Å². The number of hydrogen-bond donors (Lipinski definition) is 2. The number of hydrogen-bond acceptors (Lipinski definition) is 4. The Labute approximate surface area is 128 Å². The van der Waals surface area contributed by atoms with Crippen molar-refractivity contribution in [2.75, 3.05) is 6.61 Å². The number of carboxylic acid groups (broad SMARTS) is 1. The van der Waals surface area contributed by atoms with Crippen molar-refractivity contribution < 1.29 is 37.4 Å². The zero-order valence-corrected chi connectivity index (χ0v) is 12.1. The number of Topliss-reactive ketones (excluding diaryl/α,β-unsaturated/α-hetero) is 1. The fourth-order valence-electron chi connectivity index (χ4n) is 1.48. The quantitative estimate of drug-likeness (QED) is 0.208. The van der Waals surface area contributed by atoms with Crippen molar-refractivity contribution >= 4 is 18.0 Å². The number of carbonyl (C=O) groups is 2. The molecule has 1 aromatic rings. The molecule has 0 spiro atoms. The SMILES string of the molecule is CC(C)(CO)N=CC(C(=O)O)C(=O)c1cc(F)c(F)c(F)c1F. The Morgan fingerprint density at radius 3 is 2.26 bits per heavy atom. The van der Waals surface area contributed by atoms with Crippen LogP contribution in [0.4, 0.5) is 17.6 Å². The van der Waals surface area contributed by atoms with Crippen molar-refractivity contribution in [2.45, 2.75) is 19.4 Å². The van der Waals surface area contributed by atoms with E-state index in [0.29, 0.717) is 6.21 Å². The van der Waals surface area contributed by atoms with Crippen LogP contribution < -0.4 is 0 Å². The van der Waals surface area contributed by atoms with Crippen molar-refractivity contribution in [3.8, 4) is 0 Å². The van der Waals surface area contributed by atoms with E-state index in [1.165, 1.54) is 13.8 Å². The summed E-state index contributed by atoms with van der Waals surface area (Å²) in [6.45, 7) is 2.37. The summed E-state index contributed by atoms with van der Waals surface area (Å²) in [6, 6.07) is 0.0804. The molecule has 1 unspecified atom stereocenters. The lowest BCUT2D eigenvalue weighted by molar-refractivity contribution is -0.137. The van der Waals surface area contributed by atoms with E-state index in [-0.39, 0.29) is 6.07 Å². The summed E-state index contributed by atoms with van der Waals surface area (Å²) in [5.74, 6) is -13.5. The average Bonchev–Trinajstić information content (AvgIpc) is 2.48. The average molecular weight is 335 g/mol. The molecule has 126 valence electrons. The fourth-order valence-corrected chi connectivity index (χ4v) is 1.48. The summed E-state index contributed by atoms with van der Waals surface area (Å²) >= 11 is 0. The van der Waals surface area contributed by atoms with Crippen LogP contribution in [0, 0.1) is 29.2 Å². The van der Waals surface area contributed by atoms with E-state index < -0.39 is 58.6 Å². The molecule has 0 saturated carbocycles. The predicted octanol–water partition coefficient (Wildman–Crippen LogP) is 1.97. The summed E-state index contributed by atoms with van der Waals surface area (Å²) in [4.78, 5) is 26.8. The normalized spacial score (nSPS) is 13.3. The molecule has 5 nitrogen and oxygen atoms in total. The van der Waals surface area contributed by atoms with Crippen molar-refractivity contribution in [2.24, 2.45) is 10.9 Å². The number of ketones is 1. The van der Waals surface area contributed by atoms with Crippen LogP contribution in [-0.4, -0.2) is 40.3 Å². The van der Waals surface area contributed by atoms with Gasteiger partial charge in [0.2, 0.25) is 0 Å². The second-order valence-corrected chi connectivity index (χ2v) is 5.28. The van der Waals surface area contributed by atoms with Gasteiger partial charge in [0.25, 0.3) is 0 Å². The van der Waals surface area contributed by atoms with Crippen LogP contribution >= 0.6 is 0 Å². The summed E-state index contributed by atoms with van der Waals surface area (Å²) in [6.07, 6.45) is 0.624. The lowest BCUT2D eigenvalue weighted by Crippen LogP contribution is -2.29. The number of carboxylic acids is 1. The maximum Gasteiger partial charge on any atom is 0.319 e. The molecule has 0 heterocycles. The van der Waals surface area contributed by atoms with Gasteiger partial charge in [0.1, 0.15) is 0 Å². The molecule has 2 N–H and O–H groups in total. The highest BCUT2D eigenvalue weighted by molar-refractivity contribution is 6.18. The van der Waals surface area contributed by atoms with Crippen molar-refractivity contribution in [1.29, 1.82) is 0 Å². The third kappa shape index (κ3) is 4.13. The Balaban J connectivity index is 3.31. The Morgan fingerprint density at radius 2 is 1.78 bits per heavy atom. The molecule has 9 heteroatoms. The van der Waals surface area contributed by atoms with Gasteiger partial charge in [-0.1, -0.05) is 0 Å². The molecular formula is C14H13F4NO4. The first kappa shape index (κ1) is 18.8. The highest BCUT2D eigenvalue weighted by atomic mass is 19.2. The number of aliphatic carboxylic acids is 1. The number of aliphatic hydroxyl groups excluding tert-OH is 1. The second kappa shape index (κ2) is 6.86. The van der Waals surface area contributed by atoms with E-state index in [2.05, 4.69) is 4.99 Å². The number of aliphatic hydroxyl groups is 1. The van der Waals surface area contributed by atoms with Crippen LogP contribution in [0.2, 0.25) is 0 Å². The van der Waals surface area contributed by atoms with Gasteiger partial charge in [-0.2, -0.15) is 0 Å². The maximum atomic E-state index is 13.6. The second-order valence-electron chi connectivity index (χ2n) is 5.28. The molecule has 23 heavy (non-hydrogen) atoms. The summed E-state index contributed by atoms with van der Waals surface area (Å²) in [7, 11) is 0. The molecule has 0 aliphatic heterocycles. The maximum absolute atomic E-state index is 13.6. The van der Waals surface area contributed by atoms with Gasteiger partial charge >= 0.3 is 5.97 Å². The molecule has 0 radical (unpaired) electrons. The number of rotatable bonds is 6. The van der Waals surface area contributed by atoms with Gasteiger partial charge < -0.3 is 10.2 Å². The van der Waals surface area contributed by atoms with E-state index in [9.17, 15) is 27.2 Å². The molecule has 1 rings (SSSR count). The van der Waals surface area contributed by atoms with Crippen molar-refractivity contribution in [1.82, 2.24) is 0 Å². The third-order valence-electron chi connectivity index (χ3n) is 2.88. The van der Waals surface area contributed by atoms with Gasteiger partial charge in [0.05, 0.1) is 17.7 Å². The first-order valence-electron chi connectivity index (χ1n) is 6.28. The number of nitrogens with zero attached hydrogens (tertiary/aromatic N) is 1. The topological polar surface area (TPSA) is 87.0 Å². The molecule has 0 saturated heterocycles. The first-order valence-corrected chi connectivity index (χ1v) is 6.28. The van der Waals surface area contributed by atoms with Gasteiger partial charge in [-0.05, 0) is 19.9 Å². The molecule has 0 aliphatic carbocycles. The van der Waals surface area contributed by atoms with Crippen LogP contribution in [-0.2, 0) is 4.79 Å². The molecule has 0 aromatic heterocycles. The molecular weight excluding hydrogens is 322 g/mol. The Kier molecular flexibility index (Phi) is 5.60. The lowest BCUT2D eigenvalue weighted by atomic mass is 9.97. The number of halogens is 4. The molecule has 0 fully saturated rings. The van der Waals surface area contributed by atoms with Gasteiger partial charge in [-0.25, -0.2) is 17.6 Å². The van der Waals surface area contributed by atoms with Gasteiger partial charge in [0.15, 0.2) is 35.0 Å². The summed E-state index contributed by atoms with van der Waals surface area (Å²) in [5, 5.41) is 18.0. The van der Waals surface area contributed by atoms with E-state index in [0.717, 1.165) is 0 Å². The Bertz CT molecular complexity index is 673. The third-order valence-corrected chi connectivity index (χ3v) is 2.88. The lowest BCUT2D eigenvalue weighted by Gasteiger charge is -2.16. The van der Waals surface area contributed by atoms with Crippen molar-refractivity contribution in [3.05, 3.63) is 34.9 Å². The Morgan fingerprint density at radius 1 is 1.22 bits per heavy atom. The Hall–Kier alpha value is -2.29. The van der Waals surface area contributed by atoms with Crippen LogP contribution in [0.25, 0.3) is 0 Å². The van der Waals surface area contributed by atoms with E-state index >= 15 is 0 Å². The van der Waals surface area contributed by atoms with Gasteiger partial charge in [-0.15, -0.1) is 0 Å². The zero-order chi connectivity index (χ0) is 17.9. The minimum Gasteiger partial charge on any atom is -0.480 e. The molecule has 0 aliphatic rings. The monoisotopic (exact) mass is 335 g/mol. The predicted molar refractivity (Wildman–Crippen MR) is 71.4 cm³/mol. The minimum atomic E-state index is -2.22. The number of carbonyl (C=O) groups excluding carboxylic acids is 1. The highest BCUT2D eigenvalue weighted by Crippen LogP contribution is 2.21. The largest absolute Gasteiger partial charge is 0.480 e. The number of aliphatic imine (C=N–C) groups is 1. The summed E-state index contributed by atoms with van der Waals surface area (Å²) < 4.78 is 52.7. The van der Waals surface area contributed by atoms with Crippen LogP contribution in [0.5, 0.6) is 0 Å². The minimum absolute atomic E-state index is 0.0804. The van der Waals surface area contributed by atoms with Crippen LogP contribution in [0.15, 0.2) is 11.1 Å². The number of benzene rings is 1. The summed E-state index contributed by atoms with van der Waals surface area (Å²) in [5.41, 5.74) is -2.37. The van der Waals surface area contributed by atoms with E-state index in [1.54, 1.807) is 0 Å². The van der Waals surface area contributed by atoms with Gasteiger partial charge in [-0.3, -0.25) is 14.6 Å². The van der Waals surface area contributed by atoms with Crippen LogP contribution in [0.1, 0.15) is 24.2 Å². The zero-order valence-electron chi connectivity index (χ0n) is 12.1. The fraction of sp³-hybridized carbons (Fsp3) is 0.357. The molecule has 0 bridgehead atoms. The molecule has 1 atom stereocenters. The molecule has 1 aromatic carbocycles. The standard InChI is InChI=1S/C14H13F4NO4/c1-14(2,5-20)19-4-7(13(22)23)12(21)6-3-8(15)10(17)11(18)9(6)16/h3-4,7,20H,5H2,1-2H3,(H,22,23). The molecule has 0 amide bonds. The first-order chi connectivity index (χ1) is 10.5. The smallest absolute Gasteiger partial charge is 0.319 e. The van der Waals surface area contributed by atoms with E-state index in [1.807, 2.05) is 0 Å². The van der Waals surface area contributed by atoms with E-state index in [4.69, 9.17) is 10.2 Å². The highest BCUT2D eigenvalue weighted by Gasteiger charge is 2.32. The van der Waals surface area contributed by atoms with Gasteiger partial charge in [0, 0.05) is 6.21 Å². The van der Waals surface area contributed by atoms with Crippen molar-refractivity contribution in [3.63, 3.8) is 0 Å².